The number of carbonyl (C=O) groups is 1. The maximum atomic E-state index is 12.6. The van der Waals surface area contributed by atoms with Gasteiger partial charge in [-0.05, 0) is 24.3 Å². The van der Waals surface area contributed by atoms with Gasteiger partial charge in [0.2, 0.25) is 5.91 Å². The molecular weight excluding hydrogens is 246 g/mol. The summed E-state index contributed by atoms with van der Waals surface area (Å²) in [5.41, 5.74) is 1.14. The molecule has 1 aliphatic heterocycles. The molecule has 1 heterocycles. The van der Waals surface area contributed by atoms with E-state index in [1.165, 1.54) is 0 Å². The molecule has 0 aromatic heterocycles. The number of carbonyl (C=O) groups excluding carboxylic acids is 1. The van der Waals surface area contributed by atoms with Gasteiger partial charge in [-0.15, -0.1) is 13.2 Å². The summed E-state index contributed by atoms with van der Waals surface area (Å²) in [7, 11) is 0. The average Bonchev–Trinajstić information content (AvgIpc) is 2.47. The molecule has 104 valence electrons. The second-order valence-corrected chi connectivity index (χ2v) is 5.11. The normalized spacial score (nSPS) is 21.8. The smallest absolute Gasteiger partial charge is 0.230 e. The van der Waals surface area contributed by atoms with Gasteiger partial charge < -0.3 is 4.90 Å². The van der Waals surface area contributed by atoms with Crippen LogP contribution in [0.1, 0.15) is 18.4 Å². The van der Waals surface area contributed by atoms with Crippen molar-refractivity contribution in [1.29, 1.82) is 0 Å². The van der Waals surface area contributed by atoms with Crippen LogP contribution in [0.3, 0.4) is 0 Å². The molecule has 2 rings (SSSR count). The molecule has 0 saturated carbocycles. The molecule has 0 saturated heterocycles. The van der Waals surface area contributed by atoms with E-state index in [9.17, 15) is 4.79 Å². The predicted octanol–water partition coefficient (Wildman–Crippen LogP) is 3.93. The van der Waals surface area contributed by atoms with E-state index >= 15 is 0 Å². The number of benzene rings is 1. The second kappa shape index (κ2) is 6.90. The Morgan fingerprint density at radius 1 is 1.10 bits per heavy atom. The maximum absolute atomic E-state index is 12.6. The number of allylic oxidation sites excluding steroid dienone is 3. The Balaban J connectivity index is 2.15. The molecule has 1 aromatic rings. The Morgan fingerprint density at radius 3 is 2.45 bits per heavy atom. The molecule has 20 heavy (non-hydrogen) atoms. The van der Waals surface area contributed by atoms with Gasteiger partial charge >= 0.3 is 0 Å². The van der Waals surface area contributed by atoms with Crippen LogP contribution in [0.2, 0.25) is 0 Å². The van der Waals surface area contributed by atoms with Crippen LogP contribution >= 0.6 is 0 Å². The standard InChI is InChI=1S/C18H21NO/c1-3-8-16-12-13-19(18(20)17(16)9-4-2)14-15-10-6-5-7-11-15/h3-7,10-13,16-17H,1-2,8-9,14H2/t16-,17+/m0/s1. The third-order valence-electron chi connectivity index (χ3n) is 3.69. The van der Waals surface area contributed by atoms with E-state index in [4.69, 9.17) is 0 Å². The van der Waals surface area contributed by atoms with Crippen molar-refractivity contribution in [2.75, 3.05) is 0 Å². The van der Waals surface area contributed by atoms with Crippen LogP contribution in [0.25, 0.3) is 0 Å². The predicted molar refractivity (Wildman–Crippen MR) is 82.7 cm³/mol. The van der Waals surface area contributed by atoms with Gasteiger partial charge in [-0.1, -0.05) is 48.6 Å². The minimum atomic E-state index is -0.0146. The van der Waals surface area contributed by atoms with Gasteiger partial charge in [-0.2, -0.15) is 0 Å². The van der Waals surface area contributed by atoms with Crippen molar-refractivity contribution in [1.82, 2.24) is 4.90 Å². The summed E-state index contributed by atoms with van der Waals surface area (Å²) in [6, 6.07) is 10.1. The highest BCUT2D eigenvalue weighted by molar-refractivity contribution is 5.81. The first-order valence-electron chi connectivity index (χ1n) is 7.00. The first-order chi connectivity index (χ1) is 9.76. The monoisotopic (exact) mass is 267 g/mol. The highest BCUT2D eigenvalue weighted by atomic mass is 16.2. The summed E-state index contributed by atoms with van der Waals surface area (Å²) < 4.78 is 0. The van der Waals surface area contributed by atoms with Crippen molar-refractivity contribution in [2.24, 2.45) is 11.8 Å². The van der Waals surface area contributed by atoms with E-state index in [1.54, 1.807) is 0 Å². The molecule has 2 atom stereocenters. The largest absolute Gasteiger partial charge is 0.315 e. The Bertz CT molecular complexity index is 503. The second-order valence-electron chi connectivity index (χ2n) is 5.11. The van der Waals surface area contributed by atoms with Gasteiger partial charge in [0.1, 0.15) is 0 Å². The SMILES string of the molecule is C=CC[C@H]1C=CN(Cc2ccccc2)C(=O)[C@@H]1CC=C. The van der Waals surface area contributed by atoms with E-state index in [0.29, 0.717) is 13.0 Å². The van der Waals surface area contributed by atoms with Crippen molar-refractivity contribution in [2.45, 2.75) is 19.4 Å². The van der Waals surface area contributed by atoms with Gasteiger partial charge in [0.05, 0.1) is 6.54 Å². The maximum Gasteiger partial charge on any atom is 0.230 e. The van der Waals surface area contributed by atoms with Gasteiger partial charge in [-0.25, -0.2) is 0 Å². The Labute approximate surface area is 121 Å². The lowest BCUT2D eigenvalue weighted by atomic mass is 9.83. The molecule has 0 aliphatic carbocycles. The average molecular weight is 267 g/mol. The molecule has 2 heteroatoms. The van der Waals surface area contributed by atoms with Gasteiger partial charge in [-0.3, -0.25) is 4.79 Å². The van der Waals surface area contributed by atoms with Crippen molar-refractivity contribution in [3.8, 4) is 0 Å². The molecule has 0 radical (unpaired) electrons. The van der Waals surface area contributed by atoms with Crippen LogP contribution < -0.4 is 0 Å². The fraction of sp³-hybridized carbons (Fsp3) is 0.278. The molecule has 2 nitrogen and oxygen atoms in total. The Morgan fingerprint density at radius 2 is 1.80 bits per heavy atom. The van der Waals surface area contributed by atoms with E-state index in [2.05, 4.69) is 19.2 Å². The molecule has 0 N–H and O–H groups in total. The zero-order valence-electron chi connectivity index (χ0n) is 11.7. The number of nitrogens with zero attached hydrogens (tertiary/aromatic N) is 1. The highest BCUT2D eigenvalue weighted by Crippen LogP contribution is 2.29. The zero-order chi connectivity index (χ0) is 14.4. The lowest BCUT2D eigenvalue weighted by molar-refractivity contribution is -0.135. The summed E-state index contributed by atoms with van der Waals surface area (Å²) in [6.07, 6.45) is 9.31. The van der Waals surface area contributed by atoms with Crippen molar-refractivity contribution < 1.29 is 4.79 Å². The van der Waals surface area contributed by atoms with Crippen LogP contribution in [0, 0.1) is 11.8 Å². The molecular formula is C18H21NO. The minimum Gasteiger partial charge on any atom is -0.315 e. The molecule has 0 unspecified atom stereocenters. The molecule has 0 fully saturated rings. The summed E-state index contributed by atoms with van der Waals surface area (Å²) in [4.78, 5) is 14.4. The van der Waals surface area contributed by atoms with Crippen LogP contribution in [-0.2, 0) is 11.3 Å². The molecule has 0 spiro atoms. The zero-order valence-corrected chi connectivity index (χ0v) is 11.7. The first kappa shape index (κ1) is 14.3. The quantitative estimate of drug-likeness (QED) is 0.715. The van der Waals surface area contributed by atoms with Crippen LogP contribution in [0.4, 0.5) is 0 Å². The molecule has 1 aromatic carbocycles. The van der Waals surface area contributed by atoms with E-state index in [-0.39, 0.29) is 17.7 Å². The van der Waals surface area contributed by atoms with Crippen molar-refractivity contribution >= 4 is 5.91 Å². The lowest BCUT2D eigenvalue weighted by Gasteiger charge is -2.32. The summed E-state index contributed by atoms with van der Waals surface area (Å²) in [6.45, 7) is 8.18. The van der Waals surface area contributed by atoms with Crippen LogP contribution in [-0.4, -0.2) is 10.8 Å². The van der Waals surface area contributed by atoms with Gasteiger partial charge in [0.25, 0.3) is 0 Å². The summed E-state index contributed by atoms with van der Waals surface area (Å²) in [5, 5.41) is 0. The Hall–Kier alpha value is -2.09. The van der Waals surface area contributed by atoms with Crippen LogP contribution in [0.15, 0.2) is 67.9 Å². The topological polar surface area (TPSA) is 20.3 Å². The van der Waals surface area contributed by atoms with Crippen molar-refractivity contribution in [3.63, 3.8) is 0 Å². The fourth-order valence-electron chi connectivity index (χ4n) is 2.62. The molecule has 1 amide bonds. The van der Waals surface area contributed by atoms with Crippen molar-refractivity contribution in [3.05, 3.63) is 73.5 Å². The number of amides is 1. The number of rotatable bonds is 6. The fourth-order valence-corrected chi connectivity index (χ4v) is 2.62. The van der Waals surface area contributed by atoms with E-state index in [0.717, 1.165) is 12.0 Å². The summed E-state index contributed by atoms with van der Waals surface area (Å²) in [5.74, 6) is 0.410. The third-order valence-corrected chi connectivity index (χ3v) is 3.69. The van der Waals surface area contributed by atoms with Gasteiger partial charge in [0, 0.05) is 12.1 Å². The molecule has 1 aliphatic rings. The minimum absolute atomic E-state index is 0.0146. The van der Waals surface area contributed by atoms with E-state index in [1.807, 2.05) is 53.6 Å². The van der Waals surface area contributed by atoms with Crippen LogP contribution in [0.5, 0.6) is 0 Å². The lowest BCUT2D eigenvalue weighted by Crippen LogP contribution is -2.38. The number of hydrogen-bond donors (Lipinski definition) is 0. The Kier molecular flexibility index (Phi) is 4.94. The molecule has 0 bridgehead atoms. The number of hydrogen-bond acceptors (Lipinski definition) is 1. The van der Waals surface area contributed by atoms with Gasteiger partial charge in [0.15, 0.2) is 0 Å². The first-order valence-corrected chi connectivity index (χ1v) is 7.00. The van der Waals surface area contributed by atoms with E-state index < -0.39 is 0 Å². The highest BCUT2D eigenvalue weighted by Gasteiger charge is 2.31. The third kappa shape index (κ3) is 3.27. The summed E-state index contributed by atoms with van der Waals surface area (Å²) >= 11 is 0.